The average Bonchev–Trinajstić information content (AvgIpc) is 2.79. The normalized spacial score (nSPS) is 11.2. The lowest BCUT2D eigenvalue weighted by Crippen LogP contribution is -2.15. The van der Waals surface area contributed by atoms with Crippen LogP contribution in [0.25, 0.3) is 11.1 Å². The Morgan fingerprint density at radius 3 is 2.41 bits per heavy atom. The molecular weight excluding hydrogens is 427 g/mol. The standard InChI is InChI=1S/C24H19FN4O2S/c1-16-13-21(32(30,31)29-23-11-12-27-15-28-23)9-10-22(16)24(26)18-7-5-17(6-8-18)19-3-2-4-20(25)14-19/h2-15,26H,1H3,(H,27,28,29). The van der Waals surface area contributed by atoms with E-state index in [-0.39, 0.29) is 22.2 Å². The van der Waals surface area contributed by atoms with Crippen molar-refractivity contribution in [1.82, 2.24) is 9.97 Å². The molecule has 0 amide bonds. The third-order valence-electron chi connectivity index (χ3n) is 4.93. The first-order valence-electron chi connectivity index (χ1n) is 9.68. The summed E-state index contributed by atoms with van der Waals surface area (Å²) in [4.78, 5) is 7.71. The largest absolute Gasteiger partial charge is 0.300 e. The molecule has 0 bridgehead atoms. The third-order valence-corrected chi connectivity index (χ3v) is 6.28. The summed E-state index contributed by atoms with van der Waals surface area (Å²) >= 11 is 0. The fourth-order valence-corrected chi connectivity index (χ4v) is 4.38. The second-order valence-electron chi connectivity index (χ2n) is 7.14. The average molecular weight is 447 g/mol. The van der Waals surface area contributed by atoms with Gasteiger partial charge in [-0.3, -0.25) is 10.1 Å². The molecule has 0 saturated heterocycles. The Bertz CT molecular complexity index is 1390. The lowest BCUT2D eigenvalue weighted by Gasteiger charge is -2.12. The molecule has 4 aromatic rings. The van der Waals surface area contributed by atoms with Gasteiger partial charge in [-0.25, -0.2) is 22.8 Å². The highest BCUT2D eigenvalue weighted by molar-refractivity contribution is 7.92. The van der Waals surface area contributed by atoms with E-state index in [0.717, 1.165) is 11.1 Å². The Hall–Kier alpha value is -3.91. The number of hydrogen-bond acceptors (Lipinski definition) is 5. The second-order valence-corrected chi connectivity index (χ2v) is 8.82. The van der Waals surface area contributed by atoms with Gasteiger partial charge in [0.05, 0.1) is 10.6 Å². The van der Waals surface area contributed by atoms with E-state index in [2.05, 4.69) is 14.7 Å². The van der Waals surface area contributed by atoms with Crippen molar-refractivity contribution in [3.8, 4) is 11.1 Å². The van der Waals surface area contributed by atoms with Crippen molar-refractivity contribution in [1.29, 1.82) is 5.41 Å². The van der Waals surface area contributed by atoms with Crippen LogP contribution in [0.2, 0.25) is 0 Å². The summed E-state index contributed by atoms with van der Waals surface area (Å²) in [6.45, 7) is 1.76. The number of halogens is 1. The van der Waals surface area contributed by atoms with Crippen molar-refractivity contribution < 1.29 is 12.8 Å². The molecule has 1 heterocycles. The molecule has 2 N–H and O–H groups in total. The summed E-state index contributed by atoms with van der Waals surface area (Å²) in [5, 5.41) is 8.58. The lowest BCUT2D eigenvalue weighted by molar-refractivity contribution is 0.601. The summed E-state index contributed by atoms with van der Waals surface area (Å²) in [6.07, 6.45) is 2.70. The minimum Gasteiger partial charge on any atom is -0.300 e. The van der Waals surface area contributed by atoms with E-state index >= 15 is 0 Å². The quantitative estimate of drug-likeness (QED) is 0.416. The lowest BCUT2D eigenvalue weighted by atomic mass is 9.96. The van der Waals surface area contributed by atoms with Gasteiger partial charge < -0.3 is 0 Å². The minimum atomic E-state index is -3.82. The molecule has 3 aromatic carbocycles. The van der Waals surface area contributed by atoms with Gasteiger partial charge in [0.15, 0.2) is 0 Å². The Labute approximate surface area is 185 Å². The van der Waals surface area contributed by atoms with E-state index in [0.29, 0.717) is 16.7 Å². The maximum atomic E-state index is 13.5. The number of anilines is 1. The molecule has 0 aliphatic heterocycles. The van der Waals surface area contributed by atoms with Gasteiger partial charge in [-0.15, -0.1) is 0 Å². The molecule has 0 atom stereocenters. The van der Waals surface area contributed by atoms with Crippen LogP contribution in [0.15, 0.2) is 90.2 Å². The monoisotopic (exact) mass is 446 g/mol. The van der Waals surface area contributed by atoms with E-state index in [4.69, 9.17) is 5.41 Å². The molecule has 1 aromatic heterocycles. The van der Waals surface area contributed by atoms with Crippen LogP contribution < -0.4 is 4.72 Å². The van der Waals surface area contributed by atoms with Crippen molar-refractivity contribution in [3.05, 3.63) is 108 Å². The molecule has 0 aliphatic rings. The van der Waals surface area contributed by atoms with Crippen LogP contribution in [0.5, 0.6) is 0 Å². The van der Waals surface area contributed by atoms with Gasteiger partial charge in [0.1, 0.15) is 18.0 Å². The molecule has 0 radical (unpaired) electrons. The molecule has 0 saturated carbocycles. The van der Waals surface area contributed by atoms with Gasteiger partial charge in [0.2, 0.25) is 0 Å². The molecule has 8 heteroatoms. The first kappa shape index (κ1) is 21.3. The Balaban J connectivity index is 1.57. The summed E-state index contributed by atoms with van der Waals surface area (Å²) in [6, 6.07) is 19.6. The summed E-state index contributed by atoms with van der Waals surface area (Å²) in [7, 11) is -3.82. The van der Waals surface area contributed by atoms with Gasteiger partial charge in [0.25, 0.3) is 10.0 Å². The number of sulfonamides is 1. The minimum absolute atomic E-state index is 0.0756. The van der Waals surface area contributed by atoms with Crippen LogP contribution in [-0.4, -0.2) is 24.1 Å². The summed E-state index contributed by atoms with van der Waals surface area (Å²) in [5.41, 5.74) is 3.79. The highest BCUT2D eigenvalue weighted by Gasteiger charge is 2.17. The Morgan fingerprint density at radius 2 is 1.75 bits per heavy atom. The maximum absolute atomic E-state index is 13.5. The predicted octanol–water partition coefficient (Wildman–Crippen LogP) is 4.81. The fourth-order valence-electron chi connectivity index (χ4n) is 3.28. The molecular formula is C24H19FN4O2S. The van der Waals surface area contributed by atoms with Crippen LogP contribution in [0.4, 0.5) is 10.2 Å². The highest BCUT2D eigenvalue weighted by atomic mass is 32.2. The number of rotatable bonds is 6. The zero-order valence-corrected chi connectivity index (χ0v) is 17.9. The molecule has 4 rings (SSSR count). The van der Waals surface area contributed by atoms with Crippen LogP contribution >= 0.6 is 0 Å². The fraction of sp³-hybridized carbons (Fsp3) is 0.0417. The predicted molar refractivity (Wildman–Crippen MR) is 122 cm³/mol. The van der Waals surface area contributed by atoms with E-state index < -0.39 is 10.0 Å². The Morgan fingerprint density at radius 1 is 0.969 bits per heavy atom. The van der Waals surface area contributed by atoms with Crippen molar-refractivity contribution in [2.75, 3.05) is 4.72 Å². The highest BCUT2D eigenvalue weighted by Crippen LogP contribution is 2.24. The van der Waals surface area contributed by atoms with Crippen molar-refractivity contribution >= 4 is 21.6 Å². The molecule has 0 aliphatic carbocycles. The molecule has 6 nitrogen and oxygen atoms in total. The van der Waals surface area contributed by atoms with E-state index in [1.807, 2.05) is 18.2 Å². The van der Waals surface area contributed by atoms with Gasteiger partial charge >= 0.3 is 0 Å². The van der Waals surface area contributed by atoms with Crippen LogP contribution in [-0.2, 0) is 10.0 Å². The van der Waals surface area contributed by atoms with Crippen LogP contribution in [0.3, 0.4) is 0 Å². The van der Waals surface area contributed by atoms with E-state index in [1.54, 1.807) is 31.2 Å². The number of aromatic nitrogens is 2. The van der Waals surface area contributed by atoms with Gasteiger partial charge in [0, 0.05) is 17.3 Å². The summed E-state index contributed by atoms with van der Waals surface area (Å²) < 4.78 is 41.2. The smallest absolute Gasteiger partial charge is 0.263 e. The molecule has 32 heavy (non-hydrogen) atoms. The van der Waals surface area contributed by atoms with Crippen molar-refractivity contribution in [3.63, 3.8) is 0 Å². The van der Waals surface area contributed by atoms with Crippen LogP contribution in [0, 0.1) is 18.2 Å². The van der Waals surface area contributed by atoms with E-state index in [1.165, 1.54) is 42.9 Å². The number of aryl methyl sites for hydroxylation is 1. The number of hydrogen-bond donors (Lipinski definition) is 2. The maximum Gasteiger partial charge on any atom is 0.263 e. The topological polar surface area (TPSA) is 95.8 Å². The zero-order chi connectivity index (χ0) is 22.7. The van der Waals surface area contributed by atoms with Crippen LogP contribution in [0.1, 0.15) is 16.7 Å². The molecule has 0 fully saturated rings. The SMILES string of the molecule is Cc1cc(S(=O)(=O)Nc2ccncn2)ccc1C(=N)c1ccc(-c2cccc(F)c2)cc1. The number of benzene rings is 3. The number of nitrogens with zero attached hydrogens (tertiary/aromatic N) is 2. The second kappa shape index (κ2) is 8.68. The van der Waals surface area contributed by atoms with Crippen molar-refractivity contribution in [2.24, 2.45) is 0 Å². The van der Waals surface area contributed by atoms with Gasteiger partial charge in [-0.05, 0) is 53.9 Å². The van der Waals surface area contributed by atoms with Crippen molar-refractivity contribution in [2.45, 2.75) is 11.8 Å². The molecule has 0 unspecified atom stereocenters. The first-order valence-corrected chi connectivity index (χ1v) is 11.2. The molecule has 160 valence electrons. The third kappa shape index (κ3) is 4.55. The molecule has 0 spiro atoms. The summed E-state index contributed by atoms with van der Waals surface area (Å²) in [5.74, 6) is -0.132. The van der Waals surface area contributed by atoms with E-state index in [9.17, 15) is 12.8 Å². The van der Waals surface area contributed by atoms with Gasteiger partial charge in [-0.1, -0.05) is 42.5 Å². The first-order chi connectivity index (χ1) is 15.3. The number of nitrogens with one attached hydrogen (secondary N) is 2. The van der Waals surface area contributed by atoms with Gasteiger partial charge in [-0.2, -0.15) is 0 Å². The Kier molecular flexibility index (Phi) is 5.79. The zero-order valence-electron chi connectivity index (χ0n) is 17.1.